The third kappa shape index (κ3) is 7.41. The summed E-state index contributed by atoms with van der Waals surface area (Å²) in [5.41, 5.74) is 0.662. The van der Waals surface area contributed by atoms with Crippen molar-refractivity contribution in [1.82, 2.24) is 5.32 Å². The van der Waals surface area contributed by atoms with E-state index in [1.807, 2.05) is 6.08 Å². The van der Waals surface area contributed by atoms with Crippen molar-refractivity contribution < 1.29 is 24.2 Å². The Morgan fingerprint density at radius 3 is 2.84 bits per heavy atom. The lowest BCUT2D eigenvalue weighted by atomic mass is 9.81. The van der Waals surface area contributed by atoms with Crippen molar-refractivity contribution >= 4 is 23.3 Å². The van der Waals surface area contributed by atoms with E-state index in [0.29, 0.717) is 24.8 Å². The molecule has 1 saturated heterocycles. The molecule has 0 unspecified atom stereocenters. The number of epoxide rings is 1. The van der Waals surface area contributed by atoms with Gasteiger partial charge in [-0.1, -0.05) is 62.8 Å². The minimum absolute atomic E-state index is 0.0788. The summed E-state index contributed by atoms with van der Waals surface area (Å²) in [5.74, 6) is -0.192. The van der Waals surface area contributed by atoms with Crippen molar-refractivity contribution in [2.24, 2.45) is 0 Å². The van der Waals surface area contributed by atoms with Crippen LogP contribution in [0.2, 0.25) is 0 Å². The minimum Gasteiger partial charge on any atom is -0.390 e. The van der Waals surface area contributed by atoms with Crippen LogP contribution in [0, 0.1) is 0 Å². The Labute approximate surface area is 191 Å². The van der Waals surface area contributed by atoms with Crippen LogP contribution in [0.4, 0.5) is 0 Å². The Kier molecular flexibility index (Phi) is 11.2. The van der Waals surface area contributed by atoms with Gasteiger partial charge in [-0.3, -0.25) is 9.59 Å². The van der Waals surface area contributed by atoms with Gasteiger partial charge >= 0.3 is 0 Å². The van der Waals surface area contributed by atoms with E-state index < -0.39 is 17.8 Å². The number of amides is 1. The van der Waals surface area contributed by atoms with Gasteiger partial charge in [-0.2, -0.15) is 0 Å². The van der Waals surface area contributed by atoms with Crippen molar-refractivity contribution in [2.45, 2.75) is 101 Å². The summed E-state index contributed by atoms with van der Waals surface area (Å²) in [6, 6.07) is 0. The zero-order chi connectivity index (χ0) is 22.7. The summed E-state index contributed by atoms with van der Waals surface area (Å²) >= 11 is 5.91. The van der Waals surface area contributed by atoms with Gasteiger partial charge in [0.25, 0.3) is 0 Å². The molecule has 1 aliphatic heterocycles. The number of carbonyl (C=O) groups is 2. The number of ketones is 1. The van der Waals surface area contributed by atoms with Gasteiger partial charge in [-0.05, 0) is 25.7 Å². The zero-order valence-corrected chi connectivity index (χ0v) is 19.7. The fourth-order valence-corrected chi connectivity index (χ4v) is 4.45. The van der Waals surface area contributed by atoms with Crippen LogP contribution in [-0.4, -0.2) is 54.4 Å². The van der Waals surface area contributed by atoms with E-state index in [-0.39, 0.29) is 30.8 Å². The Morgan fingerprint density at radius 2 is 2.13 bits per heavy atom. The van der Waals surface area contributed by atoms with Crippen LogP contribution >= 0.6 is 11.6 Å². The van der Waals surface area contributed by atoms with Crippen molar-refractivity contribution in [3.8, 4) is 0 Å². The third-order valence-corrected chi connectivity index (χ3v) is 6.50. The second-order valence-corrected chi connectivity index (χ2v) is 8.74. The van der Waals surface area contributed by atoms with E-state index in [1.165, 1.54) is 37.6 Å². The first-order valence-electron chi connectivity index (χ1n) is 11.6. The van der Waals surface area contributed by atoms with Gasteiger partial charge in [0.15, 0.2) is 11.4 Å². The van der Waals surface area contributed by atoms with E-state index in [0.717, 1.165) is 12.8 Å². The molecule has 1 aliphatic carbocycles. The summed E-state index contributed by atoms with van der Waals surface area (Å²) < 4.78 is 11.1. The maximum Gasteiger partial charge on any atom is 0.220 e. The molecule has 1 amide bonds. The molecule has 4 atom stereocenters. The van der Waals surface area contributed by atoms with Gasteiger partial charge in [-0.25, -0.2) is 0 Å². The number of hydrogen-bond acceptors (Lipinski definition) is 5. The van der Waals surface area contributed by atoms with E-state index in [4.69, 9.17) is 21.1 Å². The zero-order valence-electron chi connectivity index (χ0n) is 18.9. The molecule has 0 spiro atoms. The predicted octanol–water partition coefficient (Wildman–Crippen LogP) is 4.19. The van der Waals surface area contributed by atoms with Crippen LogP contribution < -0.4 is 5.32 Å². The smallest absolute Gasteiger partial charge is 0.220 e. The number of allylic oxidation sites excluding steroid dienone is 1. The molecular weight excluding hydrogens is 418 g/mol. The highest BCUT2D eigenvalue weighted by Crippen LogP contribution is 2.50. The van der Waals surface area contributed by atoms with Gasteiger partial charge in [0.2, 0.25) is 5.91 Å². The van der Waals surface area contributed by atoms with Crippen LogP contribution in [0.15, 0.2) is 23.3 Å². The number of unbranched alkanes of at least 4 members (excludes halogenated alkanes) is 4. The molecule has 176 valence electrons. The number of hydrogen-bond donors (Lipinski definition) is 2. The molecule has 1 heterocycles. The SMILES string of the molecule is CCCCCCC[C@@H](C/C=C/CCC(=O)NC/C(=C/Cl)[C@]12O[C@H]1[C@@H](O)CCC2=O)OC. The second-order valence-electron chi connectivity index (χ2n) is 8.52. The molecule has 0 radical (unpaired) electrons. The number of rotatable bonds is 15. The Hall–Kier alpha value is -1.21. The first kappa shape index (κ1) is 26.0. The maximum atomic E-state index is 12.3. The van der Waals surface area contributed by atoms with Gasteiger partial charge in [0, 0.05) is 37.6 Å². The van der Waals surface area contributed by atoms with Crippen molar-refractivity contribution in [2.75, 3.05) is 13.7 Å². The van der Waals surface area contributed by atoms with Gasteiger partial charge in [0.1, 0.15) is 6.10 Å². The summed E-state index contributed by atoms with van der Waals surface area (Å²) in [6.45, 7) is 2.36. The molecule has 2 fully saturated rings. The summed E-state index contributed by atoms with van der Waals surface area (Å²) in [7, 11) is 1.75. The lowest BCUT2D eigenvalue weighted by Gasteiger charge is -2.22. The van der Waals surface area contributed by atoms with Gasteiger partial charge in [0.05, 0.1) is 12.2 Å². The van der Waals surface area contributed by atoms with Crippen LogP contribution in [0.25, 0.3) is 0 Å². The maximum absolute atomic E-state index is 12.3. The Bertz CT molecular complexity index is 650. The number of aliphatic hydroxyl groups is 1. The number of Topliss-reactive ketones (excluding diaryl/α,β-unsaturated/α-hetero) is 1. The molecule has 6 nitrogen and oxygen atoms in total. The number of carbonyl (C=O) groups excluding carboxylic acids is 2. The molecule has 0 aromatic rings. The highest BCUT2D eigenvalue weighted by molar-refractivity contribution is 6.26. The largest absolute Gasteiger partial charge is 0.390 e. The lowest BCUT2D eigenvalue weighted by molar-refractivity contribution is -0.124. The molecule has 31 heavy (non-hydrogen) atoms. The first-order chi connectivity index (χ1) is 15.0. The quantitative estimate of drug-likeness (QED) is 0.219. The minimum atomic E-state index is -1.14. The second kappa shape index (κ2) is 13.4. The molecule has 0 bridgehead atoms. The molecule has 2 N–H and O–H groups in total. The standard InChI is InChI=1S/C24H38ClNO5/c1-3-4-5-6-8-11-19(30-2)12-9-7-10-13-22(29)26-17-18(16-25)24-21(28)15-14-20(27)23(24)31-24/h7,9,16,19-20,23,27H,3-6,8,10-15,17H2,1-2H3,(H,26,29)/b9-7+,18-16-/t19-,20-,23-,24+/m0/s1. The molecular formula is C24H38ClNO5. The van der Waals surface area contributed by atoms with Gasteiger partial charge in [-0.15, -0.1) is 0 Å². The number of halogens is 1. The van der Waals surface area contributed by atoms with Crippen LogP contribution in [0.1, 0.15) is 77.6 Å². The molecule has 2 rings (SSSR count). The Balaban J connectivity index is 1.64. The monoisotopic (exact) mass is 455 g/mol. The number of methoxy groups -OCH3 is 1. The Morgan fingerprint density at radius 1 is 1.35 bits per heavy atom. The topological polar surface area (TPSA) is 88.2 Å². The average molecular weight is 456 g/mol. The van der Waals surface area contributed by atoms with Crippen molar-refractivity contribution in [1.29, 1.82) is 0 Å². The van der Waals surface area contributed by atoms with Crippen LogP contribution in [-0.2, 0) is 19.1 Å². The van der Waals surface area contributed by atoms with E-state index in [2.05, 4.69) is 18.3 Å². The highest BCUT2D eigenvalue weighted by Gasteiger charge is 2.68. The van der Waals surface area contributed by atoms with E-state index >= 15 is 0 Å². The lowest BCUT2D eigenvalue weighted by Crippen LogP contribution is -2.42. The van der Waals surface area contributed by atoms with Crippen molar-refractivity contribution in [3.05, 3.63) is 23.3 Å². The number of nitrogens with one attached hydrogen (secondary N) is 1. The van der Waals surface area contributed by atoms with E-state index in [1.54, 1.807) is 7.11 Å². The molecule has 7 heteroatoms. The summed E-state index contributed by atoms with van der Waals surface area (Å²) in [5, 5.41) is 12.8. The summed E-state index contributed by atoms with van der Waals surface area (Å²) in [4.78, 5) is 24.5. The predicted molar refractivity (Wildman–Crippen MR) is 122 cm³/mol. The average Bonchev–Trinajstić information content (AvgIpc) is 3.53. The number of ether oxygens (including phenoxy) is 2. The van der Waals surface area contributed by atoms with Crippen molar-refractivity contribution in [3.63, 3.8) is 0 Å². The third-order valence-electron chi connectivity index (χ3n) is 6.24. The van der Waals surface area contributed by atoms with Crippen LogP contribution in [0.3, 0.4) is 0 Å². The molecule has 0 aromatic carbocycles. The highest BCUT2D eigenvalue weighted by atomic mass is 35.5. The normalized spacial score (nSPS) is 26.7. The molecule has 0 aromatic heterocycles. The fraction of sp³-hybridized carbons (Fsp3) is 0.750. The van der Waals surface area contributed by atoms with Crippen LogP contribution in [0.5, 0.6) is 0 Å². The molecule has 2 aliphatic rings. The molecule has 1 saturated carbocycles. The fourth-order valence-electron chi connectivity index (χ4n) is 4.21. The number of aliphatic hydroxyl groups excluding tert-OH is 1. The first-order valence-corrected chi connectivity index (χ1v) is 12.1. The summed E-state index contributed by atoms with van der Waals surface area (Å²) in [6.07, 6.45) is 13.0. The van der Waals surface area contributed by atoms with E-state index in [9.17, 15) is 14.7 Å². The van der Waals surface area contributed by atoms with Gasteiger partial charge < -0.3 is 19.9 Å². The number of fused-ring (bicyclic) bond motifs is 1.